The number of hydrogen-bond donors (Lipinski definition) is 1. The van der Waals surface area contributed by atoms with Gasteiger partial charge >= 0.3 is 5.97 Å². The Balaban J connectivity index is 2.55. The molecule has 1 aliphatic rings. The first-order valence-corrected chi connectivity index (χ1v) is 7.21. The Hall–Kier alpha value is -2.02. The lowest BCUT2D eigenvalue weighted by molar-refractivity contribution is -0.138. The molecule has 0 bridgehead atoms. The molecule has 124 valence electrons. The van der Waals surface area contributed by atoms with Gasteiger partial charge in [0.25, 0.3) is 0 Å². The number of Topliss-reactive ketones (excluding diaryl/α,β-unsaturated/α-hetero) is 1. The van der Waals surface area contributed by atoms with Gasteiger partial charge in [0.2, 0.25) is 5.78 Å². The first-order chi connectivity index (χ1) is 10.8. The fraction of sp³-hybridized carbons (Fsp3) is 0.333. The highest BCUT2D eigenvalue weighted by Gasteiger charge is 2.35. The Kier molecular flexibility index (Phi) is 4.99. The van der Waals surface area contributed by atoms with Crippen LogP contribution in [0.15, 0.2) is 17.3 Å². The van der Waals surface area contributed by atoms with E-state index in [1.54, 1.807) is 0 Å². The highest BCUT2D eigenvalue weighted by atomic mass is 35.5. The summed E-state index contributed by atoms with van der Waals surface area (Å²) >= 11 is 5.44. The Morgan fingerprint density at radius 3 is 2.39 bits per heavy atom. The smallest absolute Gasteiger partial charge is 0.343 e. The highest BCUT2D eigenvalue weighted by molar-refractivity contribution is 6.32. The van der Waals surface area contributed by atoms with Crippen LogP contribution in [0.1, 0.15) is 30.1 Å². The lowest BCUT2D eigenvalue weighted by Gasteiger charge is -2.11. The molecule has 1 aromatic carbocycles. The van der Waals surface area contributed by atoms with Crippen molar-refractivity contribution in [3.05, 3.63) is 45.4 Å². The number of ether oxygens (including phenoxy) is 1. The van der Waals surface area contributed by atoms with Gasteiger partial charge in [0, 0.05) is 5.70 Å². The number of halogens is 4. The van der Waals surface area contributed by atoms with E-state index in [0.717, 1.165) is 0 Å². The van der Waals surface area contributed by atoms with Gasteiger partial charge in [0.1, 0.15) is 5.57 Å². The fourth-order valence-electron chi connectivity index (χ4n) is 2.02. The van der Waals surface area contributed by atoms with E-state index in [1.165, 1.54) is 6.92 Å². The van der Waals surface area contributed by atoms with Gasteiger partial charge in [-0.1, -0.05) is 11.6 Å². The number of benzene rings is 1. The Labute approximate surface area is 135 Å². The molecule has 0 spiro atoms. The van der Waals surface area contributed by atoms with Crippen molar-refractivity contribution < 1.29 is 27.5 Å². The molecule has 0 unspecified atom stereocenters. The molecule has 0 aromatic heterocycles. The quantitative estimate of drug-likeness (QED) is 0.169. The van der Waals surface area contributed by atoms with E-state index in [9.17, 15) is 22.8 Å². The maximum absolute atomic E-state index is 13.9. The zero-order valence-electron chi connectivity index (χ0n) is 12.1. The van der Waals surface area contributed by atoms with Gasteiger partial charge in [0.15, 0.2) is 17.5 Å². The summed E-state index contributed by atoms with van der Waals surface area (Å²) < 4.78 is 45.3. The lowest BCUT2D eigenvalue weighted by atomic mass is 9.99. The maximum atomic E-state index is 13.9. The molecular weight excluding hydrogens is 335 g/mol. The second kappa shape index (κ2) is 6.62. The van der Waals surface area contributed by atoms with E-state index in [-0.39, 0.29) is 18.2 Å². The molecule has 0 radical (unpaired) electrons. The van der Waals surface area contributed by atoms with Crippen LogP contribution in [-0.2, 0) is 9.53 Å². The van der Waals surface area contributed by atoms with Crippen molar-refractivity contribution in [2.45, 2.75) is 19.8 Å². The van der Waals surface area contributed by atoms with E-state index < -0.39 is 45.4 Å². The number of allylic oxidation sites excluding steroid dienone is 1. The van der Waals surface area contributed by atoms with Crippen molar-refractivity contribution in [3.63, 3.8) is 0 Å². The van der Waals surface area contributed by atoms with E-state index in [4.69, 9.17) is 22.1 Å². The molecule has 0 aliphatic heterocycles. The number of rotatable bonds is 5. The van der Waals surface area contributed by atoms with Crippen LogP contribution in [0.4, 0.5) is 13.2 Å². The Morgan fingerprint density at radius 2 is 1.87 bits per heavy atom. The predicted molar refractivity (Wildman–Crippen MR) is 76.2 cm³/mol. The van der Waals surface area contributed by atoms with Gasteiger partial charge in [0.05, 0.1) is 17.2 Å². The largest absolute Gasteiger partial charge is 0.462 e. The second-order valence-electron chi connectivity index (χ2n) is 5.00. The van der Waals surface area contributed by atoms with E-state index in [1.807, 2.05) is 0 Å². The molecule has 0 atom stereocenters. The SMILES string of the molecule is CCOC(=O)C(C(=O)c1cc(Cl)c(F)c(F)c1F)=C(N)C1CC1. The van der Waals surface area contributed by atoms with Gasteiger partial charge in [-0.2, -0.15) is 0 Å². The normalized spacial score (nSPS) is 15.2. The molecule has 0 saturated heterocycles. The minimum atomic E-state index is -1.89. The van der Waals surface area contributed by atoms with Gasteiger partial charge in [-0.3, -0.25) is 4.79 Å². The summed E-state index contributed by atoms with van der Waals surface area (Å²) in [6, 6.07) is 0.622. The zero-order chi connectivity index (χ0) is 17.3. The van der Waals surface area contributed by atoms with E-state index in [2.05, 4.69) is 0 Å². The molecule has 1 fully saturated rings. The van der Waals surface area contributed by atoms with Crippen LogP contribution < -0.4 is 5.73 Å². The first-order valence-electron chi connectivity index (χ1n) is 6.84. The molecule has 23 heavy (non-hydrogen) atoms. The number of esters is 1. The van der Waals surface area contributed by atoms with Crippen LogP contribution in [0, 0.1) is 23.4 Å². The van der Waals surface area contributed by atoms with Crippen LogP contribution >= 0.6 is 11.6 Å². The van der Waals surface area contributed by atoms with Gasteiger partial charge in [-0.15, -0.1) is 0 Å². The standard InChI is InChI=1S/C15H13ClF3NO3/c1-2-23-15(22)9(13(20)6-3-4-6)14(21)7-5-8(16)11(18)12(19)10(7)17/h5-6H,2-4,20H2,1H3. The molecule has 1 aromatic rings. The zero-order valence-corrected chi connectivity index (χ0v) is 12.8. The number of nitrogens with two attached hydrogens (primary N) is 1. The summed E-state index contributed by atoms with van der Waals surface area (Å²) in [5.74, 6) is -7.66. The van der Waals surface area contributed by atoms with Crippen molar-refractivity contribution in [1.29, 1.82) is 0 Å². The maximum Gasteiger partial charge on any atom is 0.343 e. The van der Waals surface area contributed by atoms with Crippen molar-refractivity contribution in [2.75, 3.05) is 6.61 Å². The third-order valence-electron chi connectivity index (χ3n) is 3.36. The number of carbonyl (C=O) groups excluding carboxylic acids is 2. The number of hydrogen-bond acceptors (Lipinski definition) is 4. The molecule has 2 rings (SSSR count). The highest BCUT2D eigenvalue weighted by Crippen LogP contribution is 2.36. The summed E-state index contributed by atoms with van der Waals surface area (Å²) in [5, 5.41) is -0.777. The predicted octanol–water partition coefficient (Wildman–Crippen LogP) is 3.13. The minimum absolute atomic E-state index is 0.0332. The minimum Gasteiger partial charge on any atom is -0.462 e. The Bertz CT molecular complexity index is 714. The average Bonchev–Trinajstić information content (AvgIpc) is 3.33. The summed E-state index contributed by atoms with van der Waals surface area (Å²) in [7, 11) is 0. The van der Waals surface area contributed by atoms with Crippen LogP contribution in [-0.4, -0.2) is 18.4 Å². The van der Waals surface area contributed by atoms with E-state index >= 15 is 0 Å². The first kappa shape index (κ1) is 17.3. The summed E-state index contributed by atoms with van der Waals surface area (Å²) in [4.78, 5) is 24.4. The van der Waals surface area contributed by atoms with Crippen molar-refractivity contribution in [3.8, 4) is 0 Å². The van der Waals surface area contributed by atoms with E-state index in [0.29, 0.717) is 18.9 Å². The molecule has 0 heterocycles. The molecule has 2 N–H and O–H groups in total. The molecular formula is C15H13ClF3NO3. The molecule has 1 aliphatic carbocycles. The fourth-order valence-corrected chi connectivity index (χ4v) is 2.21. The Morgan fingerprint density at radius 1 is 1.26 bits per heavy atom. The lowest BCUT2D eigenvalue weighted by Crippen LogP contribution is -2.23. The van der Waals surface area contributed by atoms with Crippen molar-refractivity contribution in [1.82, 2.24) is 0 Å². The third-order valence-corrected chi connectivity index (χ3v) is 3.63. The summed E-state index contributed by atoms with van der Waals surface area (Å²) in [5.41, 5.74) is 4.29. The van der Waals surface area contributed by atoms with Gasteiger partial charge < -0.3 is 10.5 Å². The second-order valence-corrected chi connectivity index (χ2v) is 5.41. The van der Waals surface area contributed by atoms with Crippen LogP contribution in [0.25, 0.3) is 0 Å². The third kappa shape index (κ3) is 3.34. The molecule has 0 amide bonds. The summed E-state index contributed by atoms with van der Waals surface area (Å²) in [6.45, 7) is 1.48. The summed E-state index contributed by atoms with van der Waals surface area (Å²) in [6.07, 6.45) is 1.34. The van der Waals surface area contributed by atoms with Crippen LogP contribution in [0.5, 0.6) is 0 Å². The number of ketones is 1. The number of carbonyl (C=O) groups is 2. The monoisotopic (exact) mass is 347 g/mol. The van der Waals surface area contributed by atoms with Crippen molar-refractivity contribution >= 4 is 23.4 Å². The van der Waals surface area contributed by atoms with Gasteiger partial charge in [-0.05, 0) is 31.7 Å². The topological polar surface area (TPSA) is 69.4 Å². The van der Waals surface area contributed by atoms with Crippen LogP contribution in [0.3, 0.4) is 0 Å². The molecule has 1 saturated carbocycles. The van der Waals surface area contributed by atoms with Crippen LogP contribution in [0.2, 0.25) is 5.02 Å². The molecule has 8 heteroatoms. The van der Waals surface area contributed by atoms with Gasteiger partial charge in [-0.25, -0.2) is 18.0 Å². The molecule has 4 nitrogen and oxygen atoms in total. The average molecular weight is 348 g/mol. The van der Waals surface area contributed by atoms with Crippen molar-refractivity contribution in [2.24, 2.45) is 11.7 Å².